The molecule has 5 heteroatoms. The zero-order valence-electron chi connectivity index (χ0n) is 16.2. The van der Waals surface area contributed by atoms with Gasteiger partial charge in [-0.25, -0.2) is 4.98 Å². The molecule has 2 aromatic carbocycles. The van der Waals surface area contributed by atoms with Crippen molar-refractivity contribution in [1.82, 2.24) is 4.98 Å². The molecular formula is C23H26N2O2S. The molecule has 3 rings (SSSR count). The lowest BCUT2D eigenvalue weighted by Crippen LogP contribution is -2.11. The number of aromatic nitrogens is 1. The summed E-state index contributed by atoms with van der Waals surface area (Å²) in [6.07, 6.45) is 6.07. The number of unbranched alkanes of at least 4 members (excludes halogenated alkanes) is 4. The highest BCUT2D eigenvalue weighted by Crippen LogP contribution is 2.25. The molecule has 0 aliphatic carbocycles. The number of carbonyl (C=O) groups is 1. The fourth-order valence-corrected chi connectivity index (χ4v) is 3.55. The van der Waals surface area contributed by atoms with Gasteiger partial charge in [0.25, 0.3) is 5.91 Å². The first-order valence-electron chi connectivity index (χ1n) is 9.81. The van der Waals surface area contributed by atoms with Crippen molar-refractivity contribution in [3.8, 4) is 17.0 Å². The van der Waals surface area contributed by atoms with E-state index in [2.05, 4.69) is 17.2 Å². The Hall–Kier alpha value is -2.66. The van der Waals surface area contributed by atoms with E-state index >= 15 is 0 Å². The molecule has 1 aromatic heterocycles. The summed E-state index contributed by atoms with van der Waals surface area (Å²) >= 11 is 1.42. The van der Waals surface area contributed by atoms with Crippen molar-refractivity contribution in [1.29, 1.82) is 0 Å². The van der Waals surface area contributed by atoms with Crippen LogP contribution in [0.15, 0.2) is 60.0 Å². The molecule has 1 heterocycles. The number of hydrogen-bond acceptors (Lipinski definition) is 4. The van der Waals surface area contributed by atoms with Crippen molar-refractivity contribution in [2.75, 3.05) is 11.9 Å². The Balaban J connectivity index is 1.49. The molecule has 0 aliphatic rings. The van der Waals surface area contributed by atoms with Crippen LogP contribution in [0.4, 0.5) is 5.13 Å². The number of hydrogen-bond donors (Lipinski definition) is 1. The van der Waals surface area contributed by atoms with E-state index in [4.69, 9.17) is 4.74 Å². The maximum absolute atomic E-state index is 12.4. The molecule has 0 saturated carbocycles. The topological polar surface area (TPSA) is 51.2 Å². The van der Waals surface area contributed by atoms with Crippen LogP contribution < -0.4 is 10.1 Å². The lowest BCUT2D eigenvalue weighted by Gasteiger charge is -2.07. The van der Waals surface area contributed by atoms with Gasteiger partial charge in [-0.3, -0.25) is 10.1 Å². The molecule has 0 saturated heterocycles. The maximum Gasteiger partial charge on any atom is 0.257 e. The van der Waals surface area contributed by atoms with Crippen molar-refractivity contribution >= 4 is 22.4 Å². The Morgan fingerprint density at radius 1 is 1.00 bits per heavy atom. The number of benzene rings is 2. The normalized spacial score (nSPS) is 10.6. The number of amides is 1. The summed E-state index contributed by atoms with van der Waals surface area (Å²) in [6.45, 7) is 2.93. The molecule has 4 nitrogen and oxygen atoms in total. The standard InChI is InChI=1S/C23H26N2O2S/c1-2-3-4-5-9-16-27-20-14-12-19(13-15-20)22(26)25-23-24-21(17-28-23)18-10-7-6-8-11-18/h6-8,10-15,17H,2-5,9,16H2,1H3,(H,24,25,26). The summed E-state index contributed by atoms with van der Waals surface area (Å²) in [4.78, 5) is 16.9. The number of rotatable bonds is 10. The van der Waals surface area contributed by atoms with Gasteiger partial charge in [0.2, 0.25) is 0 Å². The van der Waals surface area contributed by atoms with Gasteiger partial charge < -0.3 is 4.74 Å². The van der Waals surface area contributed by atoms with Crippen LogP contribution >= 0.6 is 11.3 Å². The minimum Gasteiger partial charge on any atom is -0.494 e. The highest BCUT2D eigenvalue weighted by molar-refractivity contribution is 7.14. The molecule has 28 heavy (non-hydrogen) atoms. The molecule has 0 fully saturated rings. The molecule has 1 N–H and O–H groups in total. The van der Waals surface area contributed by atoms with Crippen molar-refractivity contribution in [2.45, 2.75) is 39.0 Å². The molecule has 0 atom stereocenters. The van der Waals surface area contributed by atoms with E-state index in [9.17, 15) is 4.79 Å². The Morgan fingerprint density at radius 2 is 1.75 bits per heavy atom. The fraction of sp³-hybridized carbons (Fsp3) is 0.304. The number of thiazole rings is 1. The molecule has 0 radical (unpaired) electrons. The summed E-state index contributed by atoms with van der Waals surface area (Å²) in [6, 6.07) is 17.2. The number of anilines is 1. The van der Waals surface area contributed by atoms with Crippen LogP contribution in [0.2, 0.25) is 0 Å². The number of ether oxygens (including phenoxy) is 1. The highest BCUT2D eigenvalue weighted by atomic mass is 32.1. The average Bonchev–Trinajstić information content (AvgIpc) is 3.20. The molecular weight excluding hydrogens is 368 g/mol. The van der Waals surface area contributed by atoms with Crippen LogP contribution in [0.25, 0.3) is 11.3 Å². The molecule has 0 aliphatic heterocycles. The first-order valence-corrected chi connectivity index (χ1v) is 10.7. The van der Waals surface area contributed by atoms with Crippen LogP contribution in [-0.2, 0) is 0 Å². The van der Waals surface area contributed by atoms with Gasteiger partial charge in [-0.05, 0) is 30.7 Å². The third-order valence-corrected chi connectivity index (χ3v) is 5.19. The van der Waals surface area contributed by atoms with Gasteiger partial charge in [0, 0.05) is 16.5 Å². The summed E-state index contributed by atoms with van der Waals surface area (Å²) in [5, 5.41) is 5.41. The Bertz CT molecular complexity index is 860. The fourth-order valence-electron chi connectivity index (χ4n) is 2.84. The van der Waals surface area contributed by atoms with Gasteiger partial charge >= 0.3 is 0 Å². The zero-order valence-corrected chi connectivity index (χ0v) is 17.0. The predicted molar refractivity (Wildman–Crippen MR) is 116 cm³/mol. The molecule has 0 bridgehead atoms. The third kappa shape index (κ3) is 5.92. The smallest absolute Gasteiger partial charge is 0.257 e. The SMILES string of the molecule is CCCCCCCOc1ccc(C(=O)Nc2nc(-c3ccccc3)cs2)cc1. The van der Waals surface area contributed by atoms with Gasteiger partial charge in [-0.15, -0.1) is 11.3 Å². The molecule has 1 amide bonds. The minimum absolute atomic E-state index is 0.167. The average molecular weight is 395 g/mol. The largest absolute Gasteiger partial charge is 0.494 e. The van der Waals surface area contributed by atoms with Gasteiger partial charge in [-0.1, -0.05) is 62.9 Å². The molecule has 0 spiro atoms. The number of nitrogens with one attached hydrogen (secondary N) is 1. The van der Waals surface area contributed by atoms with Crippen LogP contribution in [0.5, 0.6) is 5.75 Å². The predicted octanol–water partition coefficient (Wildman–Crippen LogP) is 6.41. The second-order valence-electron chi connectivity index (χ2n) is 6.65. The minimum atomic E-state index is -0.167. The second kappa shape index (κ2) is 10.6. The van der Waals surface area contributed by atoms with E-state index < -0.39 is 0 Å². The third-order valence-electron chi connectivity index (χ3n) is 4.43. The summed E-state index contributed by atoms with van der Waals surface area (Å²) < 4.78 is 5.75. The van der Waals surface area contributed by atoms with E-state index in [-0.39, 0.29) is 5.91 Å². The van der Waals surface area contributed by atoms with Gasteiger partial charge in [0.15, 0.2) is 5.13 Å². The maximum atomic E-state index is 12.4. The molecule has 146 valence electrons. The van der Waals surface area contributed by atoms with Crippen molar-refractivity contribution in [3.63, 3.8) is 0 Å². The highest BCUT2D eigenvalue weighted by Gasteiger charge is 2.10. The quantitative estimate of drug-likeness (QED) is 0.404. The van der Waals surface area contributed by atoms with Gasteiger partial charge in [0.1, 0.15) is 5.75 Å². The Kier molecular flexibility index (Phi) is 7.62. The number of carbonyl (C=O) groups excluding carboxylic acids is 1. The first-order chi connectivity index (χ1) is 13.8. The van der Waals surface area contributed by atoms with E-state index in [1.807, 2.05) is 47.8 Å². The van der Waals surface area contributed by atoms with E-state index in [1.165, 1.54) is 37.0 Å². The van der Waals surface area contributed by atoms with E-state index in [0.29, 0.717) is 10.7 Å². The summed E-state index contributed by atoms with van der Waals surface area (Å²) in [5.74, 6) is 0.632. The molecule has 3 aromatic rings. The van der Waals surface area contributed by atoms with Crippen molar-refractivity contribution in [3.05, 3.63) is 65.5 Å². The zero-order chi connectivity index (χ0) is 19.6. The lowest BCUT2D eigenvalue weighted by molar-refractivity contribution is 0.102. The van der Waals surface area contributed by atoms with Crippen molar-refractivity contribution < 1.29 is 9.53 Å². The summed E-state index contributed by atoms with van der Waals surface area (Å²) in [5.41, 5.74) is 2.49. The van der Waals surface area contributed by atoms with Gasteiger partial charge in [-0.2, -0.15) is 0 Å². The first kappa shape index (κ1) is 20.1. The van der Waals surface area contributed by atoms with Crippen LogP contribution in [-0.4, -0.2) is 17.5 Å². The molecule has 0 unspecified atom stereocenters. The van der Waals surface area contributed by atoms with Crippen LogP contribution in [0.3, 0.4) is 0 Å². The second-order valence-corrected chi connectivity index (χ2v) is 7.50. The Labute approximate surface area is 170 Å². The van der Waals surface area contributed by atoms with E-state index in [1.54, 1.807) is 12.1 Å². The van der Waals surface area contributed by atoms with Crippen LogP contribution in [0.1, 0.15) is 49.4 Å². The monoisotopic (exact) mass is 394 g/mol. The van der Waals surface area contributed by atoms with Crippen molar-refractivity contribution in [2.24, 2.45) is 0 Å². The van der Waals surface area contributed by atoms with E-state index in [0.717, 1.165) is 30.0 Å². The summed E-state index contributed by atoms with van der Waals surface area (Å²) in [7, 11) is 0. The Morgan fingerprint density at radius 3 is 2.50 bits per heavy atom. The lowest BCUT2D eigenvalue weighted by atomic mass is 10.2. The van der Waals surface area contributed by atoms with Gasteiger partial charge in [0.05, 0.1) is 12.3 Å². The number of nitrogens with zero attached hydrogens (tertiary/aromatic N) is 1. The van der Waals surface area contributed by atoms with Crippen LogP contribution in [0, 0.1) is 0 Å².